The first-order chi connectivity index (χ1) is 9.52. The van der Waals surface area contributed by atoms with E-state index in [2.05, 4.69) is 10.5 Å². The molecule has 1 unspecified atom stereocenters. The van der Waals surface area contributed by atoms with Crippen LogP contribution in [0.15, 0.2) is 28.8 Å². The lowest BCUT2D eigenvalue weighted by Crippen LogP contribution is -2.27. The molecule has 4 heteroatoms. The normalized spacial score (nSPS) is 12.2. The Bertz CT molecular complexity index is 599. The molecule has 106 valence electrons. The van der Waals surface area contributed by atoms with Gasteiger partial charge in [0.25, 0.3) is 5.91 Å². The summed E-state index contributed by atoms with van der Waals surface area (Å²) in [6.45, 7) is 7.73. The molecule has 20 heavy (non-hydrogen) atoms. The van der Waals surface area contributed by atoms with Gasteiger partial charge in [-0.15, -0.1) is 0 Å². The van der Waals surface area contributed by atoms with Gasteiger partial charge >= 0.3 is 0 Å². The molecule has 4 nitrogen and oxygen atoms in total. The number of nitrogens with zero attached hydrogens (tertiary/aromatic N) is 1. The molecule has 1 aromatic heterocycles. The molecule has 0 aliphatic carbocycles. The van der Waals surface area contributed by atoms with Crippen molar-refractivity contribution in [3.8, 4) is 0 Å². The Hall–Kier alpha value is -2.10. The molecule has 0 bridgehead atoms. The lowest BCUT2D eigenvalue weighted by atomic mass is 10.1. The fourth-order valence-corrected chi connectivity index (χ4v) is 2.16. The van der Waals surface area contributed by atoms with Crippen LogP contribution in [0, 0.1) is 13.8 Å². The molecule has 2 aromatic rings. The molecule has 1 aromatic carbocycles. The van der Waals surface area contributed by atoms with Crippen molar-refractivity contribution in [2.45, 2.75) is 40.2 Å². The predicted molar refractivity (Wildman–Crippen MR) is 77.7 cm³/mol. The van der Waals surface area contributed by atoms with Gasteiger partial charge in [-0.3, -0.25) is 4.79 Å². The zero-order valence-electron chi connectivity index (χ0n) is 12.4. The standard InChI is InChI=1S/C16H20N2O2/c1-5-14-15(12(4)20-18-14)16(19)17-11(3)13-8-6-10(2)7-9-13/h6-9,11H,5H2,1-4H3,(H,17,19). The first-order valence-corrected chi connectivity index (χ1v) is 6.85. The minimum atomic E-state index is -0.131. The minimum Gasteiger partial charge on any atom is -0.361 e. The quantitative estimate of drug-likeness (QED) is 0.928. The average Bonchev–Trinajstić information content (AvgIpc) is 2.80. The van der Waals surface area contributed by atoms with E-state index in [4.69, 9.17) is 4.52 Å². The van der Waals surface area contributed by atoms with Crippen molar-refractivity contribution in [1.29, 1.82) is 0 Å². The van der Waals surface area contributed by atoms with Crippen LogP contribution < -0.4 is 5.32 Å². The van der Waals surface area contributed by atoms with Crippen LogP contribution in [-0.4, -0.2) is 11.1 Å². The average molecular weight is 272 g/mol. The summed E-state index contributed by atoms with van der Waals surface area (Å²) >= 11 is 0. The molecule has 0 spiro atoms. The van der Waals surface area contributed by atoms with Crippen LogP contribution >= 0.6 is 0 Å². The number of rotatable bonds is 4. The molecule has 0 saturated heterocycles. The molecule has 1 heterocycles. The number of benzene rings is 1. The molecule has 1 N–H and O–H groups in total. The van der Waals surface area contributed by atoms with Gasteiger partial charge < -0.3 is 9.84 Å². The van der Waals surface area contributed by atoms with Crippen molar-refractivity contribution in [3.05, 3.63) is 52.4 Å². The predicted octanol–water partition coefficient (Wildman–Crippen LogP) is 3.34. The molecular weight excluding hydrogens is 252 g/mol. The number of hydrogen-bond acceptors (Lipinski definition) is 3. The van der Waals surface area contributed by atoms with Crippen molar-refractivity contribution in [2.24, 2.45) is 0 Å². The van der Waals surface area contributed by atoms with Gasteiger partial charge in [-0.2, -0.15) is 0 Å². The lowest BCUT2D eigenvalue weighted by molar-refractivity contribution is 0.0937. The molecule has 2 rings (SSSR count). The second kappa shape index (κ2) is 5.90. The first-order valence-electron chi connectivity index (χ1n) is 6.85. The number of amides is 1. The SMILES string of the molecule is CCc1noc(C)c1C(=O)NC(C)c1ccc(C)cc1. The highest BCUT2D eigenvalue weighted by Crippen LogP contribution is 2.17. The Balaban J connectivity index is 2.15. The summed E-state index contributed by atoms with van der Waals surface area (Å²) in [6, 6.07) is 8.09. The van der Waals surface area contributed by atoms with E-state index in [1.54, 1.807) is 6.92 Å². The lowest BCUT2D eigenvalue weighted by Gasteiger charge is -2.14. The van der Waals surface area contributed by atoms with E-state index in [0.29, 0.717) is 23.4 Å². The van der Waals surface area contributed by atoms with Crippen LogP contribution in [0.5, 0.6) is 0 Å². The van der Waals surface area contributed by atoms with E-state index in [0.717, 1.165) is 5.56 Å². The zero-order chi connectivity index (χ0) is 14.7. The Morgan fingerprint density at radius 1 is 1.30 bits per heavy atom. The highest BCUT2D eigenvalue weighted by Gasteiger charge is 2.20. The molecular formula is C16H20N2O2. The van der Waals surface area contributed by atoms with Crippen molar-refractivity contribution in [2.75, 3.05) is 0 Å². The Morgan fingerprint density at radius 2 is 1.95 bits per heavy atom. The van der Waals surface area contributed by atoms with Gasteiger partial charge in [0, 0.05) is 0 Å². The van der Waals surface area contributed by atoms with Gasteiger partial charge in [0.15, 0.2) is 0 Å². The summed E-state index contributed by atoms with van der Waals surface area (Å²) in [5.41, 5.74) is 3.55. The third-order valence-electron chi connectivity index (χ3n) is 3.42. The summed E-state index contributed by atoms with van der Waals surface area (Å²) < 4.78 is 5.10. The fourth-order valence-electron chi connectivity index (χ4n) is 2.16. The molecule has 0 saturated carbocycles. The highest BCUT2D eigenvalue weighted by atomic mass is 16.5. The monoisotopic (exact) mass is 272 g/mol. The number of aryl methyl sites for hydroxylation is 3. The fraction of sp³-hybridized carbons (Fsp3) is 0.375. The van der Waals surface area contributed by atoms with E-state index < -0.39 is 0 Å². The highest BCUT2D eigenvalue weighted by molar-refractivity contribution is 5.96. The maximum absolute atomic E-state index is 12.3. The topological polar surface area (TPSA) is 55.1 Å². The van der Waals surface area contributed by atoms with Crippen molar-refractivity contribution < 1.29 is 9.32 Å². The van der Waals surface area contributed by atoms with Gasteiger partial charge in [0.05, 0.1) is 11.7 Å². The number of hydrogen-bond donors (Lipinski definition) is 1. The van der Waals surface area contributed by atoms with E-state index in [1.807, 2.05) is 45.0 Å². The second-order valence-electron chi connectivity index (χ2n) is 5.02. The number of aromatic nitrogens is 1. The Kier molecular flexibility index (Phi) is 4.23. The van der Waals surface area contributed by atoms with Crippen LogP contribution in [0.2, 0.25) is 0 Å². The summed E-state index contributed by atoms with van der Waals surface area (Å²) in [6.07, 6.45) is 0.680. The molecule has 0 radical (unpaired) electrons. The van der Waals surface area contributed by atoms with Crippen molar-refractivity contribution in [3.63, 3.8) is 0 Å². The molecule has 0 aliphatic heterocycles. The first kappa shape index (κ1) is 14.3. The number of carbonyl (C=O) groups excluding carboxylic acids is 1. The van der Waals surface area contributed by atoms with Gasteiger partial charge in [-0.25, -0.2) is 0 Å². The van der Waals surface area contributed by atoms with E-state index in [-0.39, 0.29) is 11.9 Å². The smallest absolute Gasteiger partial charge is 0.257 e. The second-order valence-corrected chi connectivity index (χ2v) is 5.02. The largest absolute Gasteiger partial charge is 0.361 e. The number of carbonyl (C=O) groups is 1. The molecule has 0 aliphatic rings. The van der Waals surface area contributed by atoms with E-state index in [1.165, 1.54) is 5.56 Å². The third-order valence-corrected chi connectivity index (χ3v) is 3.42. The molecule has 0 fully saturated rings. The summed E-state index contributed by atoms with van der Waals surface area (Å²) in [5, 5.41) is 6.91. The van der Waals surface area contributed by atoms with E-state index in [9.17, 15) is 4.79 Å². The van der Waals surface area contributed by atoms with Gasteiger partial charge in [-0.05, 0) is 32.8 Å². The zero-order valence-corrected chi connectivity index (χ0v) is 12.4. The summed E-state index contributed by atoms with van der Waals surface area (Å²) in [5.74, 6) is 0.434. The summed E-state index contributed by atoms with van der Waals surface area (Å²) in [4.78, 5) is 12.3. The van der Waals surface area contributed by atoms with Crippen LogP contribution in [0.1, 0.15) is 52.8 Å². The Morgan fingerprint density at radius 3 is 2.55 bits per heavy atom. The van der Waals surface area contributed by atoms with Crippen LogP contribution in [0.3, 0.4) is 0 Å². The van der Waals surface area contributed by atoms with Gasteiger partial charge in [0.1, 0.15) is 11.3 Å². The van der Waals surface area contributed by atoms with Crippen LogP contribution in [0.4, 0.5) is 0 Å². The maximum Gasteiger partial charge on any atom is 0.257 e. The van der Waals surface area contributed by atoms with Crippen molar-refractivity contribution in [1.82, 2.24) is 10.5 Å². The maximum atomic E-state index is 12.3. The van der Waals surface area contributed by atoms with Gasteiger partial charge in [-0.1, -0.05) is 41.9 Å². The molecule has 1 atom stereocenters. The number of nitrogens with one attached hydrogen (secondary N) is 1. The van der Waals surface area contributed by atoms with Crippen molar-refractivity contribution >= 4 is 5.91 Å². The third kappa shape index (κ3) is 2.90. The summed E-state index contributed by atoms with van der Waals surface area (Å²) in [7, 11) is 0. The van der Waals surface area contributed by atoms with E-state index >= 15 is 0 Å². The molecule has 1 amide bonds. The van der Waals surface area contributed by atoms with Crippen LogP contribution in [0.25, 0.3) is 0 Å². The van der Waals surface area contributed by atoms with Crippen LogP contribution in [-0.2, 0) is 6.42 Å². The Labute approximate surface area is 119 Å². The minimum absolute atomic E-state index is 0.0536. The van der Waals surface area contributed by atoms with Gasteiger partial charge in [0.2, 0.25) is 0 Å².